The van der Waals surface area contributed by atoms with Gasteiger partial charge in [-0.2, -0.15) is 0 Å². The highest BCUT2D eigenvalue weighted by molar-refractivity contribution is 5.76. The molecule has 0 aliphatic carbocycles. The summed E-state index contributed by atoms with van der Waals surface area (Å²) >= 11 is 0. The molecule has 0 fully saturated rings. The lowest BCUT2D eigenvalue weighted by molar-refractivity contribution is -0.132. The molecule has 1 amide bonds. The fourth-order valence-corrected chi connectivity index (χ4v) is 5.97. The minimum absolute atomic E-state index is 0.318. The Morgan fingerprint density at radius 2 is 0.826 bits per heavy atom. The quantitative estimate of drug-likeness (QED) is 0.0516. The van der Waals surface area contributed by atoms with E-state index in [0.717, 1.165) is 19.4 Å². The maximum Gasteiger partial charge on any atom is 0.223 e. The Kier molecular flexibility index (Phi) is 35.0. The first-order valence-corrected chi connectivity index (χ1v) is 20.0. The van der Waals surface area contributed by atoms with Crippen molar-refractivity contribution in [3.8, 4) is 0 Å². The number of hydrogen-bond acceptors (Lipinski definition) is 2. The van der Waals surface area contributed by atoms with Crippen molar-refractivity contribution >= 4 is 5.91 Å². The fourth-order valence-electron chi connectivity index (χ4n) is 5.97. The van der Waals surface area contributed by atoms with Crippen LogP contribution in [0.15, 0.2) is 48.6 Å². The molecule has 0 radical (unpaired) electrons. The highest BCUT2D eigenvalue weighted by Crippen LogP contribution is 2.19. The van der Waals surface area contributed by atoms with Gasteiger partial charge in [-0.1, -0.05) is 152 Å². The van der Waals surface area contributed by atoms with E-state index in [1.807, 2.05) is 0 Å². The lowest BCUT2D eigenvalue weighted by Crippen LogP contribution is -2.38. The van der Waals surface area contributed by atoms with Gasteiger partial charge in [-0.25, -0.2) is 0 Å². The number of carbonyl (C=O) groups excluding carboxylic acids is 1. The summed E-state index contributed by atoms with van der Waals surface area (Å²) in [5, 5.41) is 0. The third-order valence-corrected chi connectivity index (χ3v) is 9.19. The molecule has 0 rings (SSSR count). The third-order valence-electron chi connectivity index (χ3n) is 9.19. The van der Waals surface area contributed by atoms with E-state index in [2.05, 4.69) is 93.4 Å². The smallest absolute Gasteiger partial charge is 0.223 e. The highest BCUT2D eigenvalue weighted by atomic mass is 16.2. The molecule has 3 nitrogen and oxygen atoms in total. The van der Waals surface area contributed by atoms with E-state index in [4.69, 9.17) is 0 Å². The Morgan fingerprint density at radius 3 is 1.20 bits per heavy atom. The van der Waals surface area contributed by atoms with Crippen LogP contribution < -0.4 is 0 Å². The van der Waals surface area contributed by atoms with Crippen molar-refractivity contribution in [2.45, 2.75) is 193 Å². The Morgan fingerprint density at radius 1 is 0.478 bits per heavy atom. The van der Waals surface area contributed by atoms with Crippen molar-refractivity contribution in [3.63, 3.8) is 0 Å². The molecule has 0 atom stereocenters. The molecule has 3 heteroatoms. The van der Waals surface area contributed by atoms with Crippen molar-refractivity contribution in [1.82, 2.24) is 9.80 Å². The van der Waals surface area contributed by atoms with Gasteiger partial charge in [0.25, 0.3) is 0 Å². The van der Waals surface area contributed by atoms with Gasteiger partial charge in [0, 0.05) is 26.1 Å². The van der Waals surface area contributed by atoms with E-state index < -0.39 is 0 Å². The maximum absolute atomic E-state index is 12.9. The van der Waals surface area contributed by atoms with Crippen LogP contribution >= 0.6 is 0 Å². The first-order chi connectivity index (χ1) is 22.5. The molecule has 0 spiro atoms. The van der Waals surface area contributed by atoms with Crippen LogP contribution in [0.2, 0.25) is 0 Å². The first-order valence-electron chi connectivity index (χ1n) is 20.0. The summed E-state index contributed by atoms with van der Waals surface area (Å²) in [7, 11) is 6.17. The summed E-state index contributed by atoms with van der Waals surface area (Å²) in [5.74, 6) is 0.318. The molecule has 46 heavy (non-hydrogen) atoms. The maximum atomic E-state index is 12.9. The molecule has 0 heterocycles. The largest absolute Gasteiger partial charge is 0.343 e. The number of amides is 1. The highest BCUT2D eigenvalue weighted by Gasteiger charge is 2.19. The molecular weight excluding hydrogens is 560 g/mol. The molecule has 0 bridgehead atoms. The number of carbonyl (C=O) groups is 1. The van der Waals surface area contributed by atoms with Crippen LogP contribution in [0.5, 0.6) is 0 Å². The molecule has 0 saturated heterocycles. The predicted molar refractivity (Wildman–Crippen MR) is 208 cm³/mol. The van der Waals surface area contributed by atoms with Crippen molar-refractivity contribution in [1.29, 1.82) is 0 Å². The summed E-state index contributed by atoms with van der Waals surface area (Å²) in [6.07, 6.45) is 52.6. The number of nitrogens with zero attached hydrogens (tertiary/aromatic N) is 2. The van der Waals surface area contributed by atoms with Crippen molar-refractivity contribution in [3.05, 3.63) is 48.6 Å². The summed E-state index contributed by atoms with van der Waals surface area (Å²) in [6, 6.07) is 0.409. The molecule has 0 aliphatic heterocycles. The fraction of sp³-hybridized carbons (Fsp3) is 0.791. The van der Waals surface area contributed by atoms with Gasteiger partial charge < -0.3 is 9.80 Å². The molecule has 0 aromatic rings. The molecular formula is C43H80N2O. The second-order valence-electron chi connectivity index (χ2n) is 14.0. The van der Waals surface area contributed by atoms with Crippen LogP contribution in [0.1, 0.15) is 187 Å². The van der Waals surface area contributed by atoms with Gasteiger partial charge in [-0.3, -0.25) is 4.79 Å². The van der Waals surface area contributed by atoms with Crippen LogP contribution in [-0.2, 0) is 4.79 Å². The zero-order valence-electron chi connectivity index (χ0n) is 31.8. The molecule has 0 aliphatic rings. The SMILES string of the molecule is CCCCC/C=C\C/C=C\CCCCCCCCC(CCCCCCCC/C=C\C/C=C\CCCCC)N(C)C(=O)CCN(C)C. The molecule has 0 aromatic heterocycles. The van der Waals surface area contributed by atoms with Crippen LogP contribution in [0.4, 0.5) is 0 Å². The van der Waals surface area contributed by atoms with Gasteiger partial charge >= 0.3 is 0 Å². The standard InChI is InChI=1S/C43H80N2O/c1-6-8-10-12-14-16-18-20-22-24-26-28-30-32-34-36-38-42(45(5)43(46)40-41-44(3)4)39-37-35-33-31-29-27-25-23-21-19-17-15-13-11-9-7-2/h14-17,20-23,42H,6-13,18-19,24-41H2,1-5H3/b16-14-,17-15-,22-20-,23-21-. The van der Waals surface area contributed by atoms with Crippen molar-refractivity contribution < 1.29 is 4.79 Å². The Balaban J connectivity index is 4.10. The second kappa shape index (κ2) is 36.2. The van der Waals surface area contributed by atoms with Gasteiger partial charge in [0.15, 0.2) is 0 Å². The summed E-state index contributed by atoms with van der Waals surface area (Å²) in [5.41, 5.74) is 0. The first kappa shape index (κ1) is 44.4. The summed E-state index contributed by atoms with van der Waals surface area (Å²) < 4.78 is 0. The topological polar surface area (TPSA) is 23.6 Å². The van der Waals surface area contributed by atoms with Crippen molar-refractivity contribution in [2.24, 2.45) is 0 Å². The van der Waals surface area contributed by atoms with Gasteiger partial charge in [0.1, 0.15) is 0 Å². The summed E-state index contributed by atoms with van der Waals surface area (Å²) in [6.45, 7) is 5.37. The number of rotatable bonds is 34. The van der Waals surface area contributed by atoms with Crippen LogP contribution in [0.25, 0.3) is 0 Å². The van der Waals surface area contributed by atoms with E-state index in [1.165, 1.54) is 154 Å². The number of hydrogen-bond donors (Lipinski definition) is 0. The zero-order valence-corrected chi connectivity index (χ0v) is 31.8. The van der Waals surface area contributed by atoms with E-state index in [1.54, 1.807) is 0 Å². The molecule has 0 aromatic carbocycles. The minimum Gasteiger partial charge on any atom is -0.343 e. The van der Waals surface area contributed by atoms with E-state index in [9.17, 15) is 4.79 Å². The normalized spacial score (nSPS) is 12.4. The average molecular weight is 641 g/mol. The van der Waals surface area contributed by atoms with E-state index in [-0.39, 0.29) is 0 Å². The lowest BCUT2D eigenvalue weighted by Gasteiger charge is -2.29. The van der Waals surface area contributed by atoms with Crippen LogP contribution in [0, 0.1) is 0 Å². The van der Waals surface area contributed by atoms with Crippen molar-refractivity contribution in [2.75, 3.05) is 27.7 Å². The number of unbranched alkanes of at least 4 members (excludes halogenated alkanes) is 18. The van der Waals surface area contributed by atoms with Gasteiger partial charge in [0.05, 0.1) is 0 Å². The molecule has 0 N–H and O–H groups in total. The summed E-state index contributed by atoms with van der Waals surface area (Å²) in [4.78, 5) is 17.1. The minimum atomic E-state index is 0.318. The van der Waals surface area contributed by atoms with Crippen LogP contribution in [0.3, 0.4) is 0 Å². The Bertz CT molecular complexity index is 702. The second-order valence-corrected chi connectivity index (χ2v) is 14.0. The van der Waals surface area contributed by atoms with Crippen LogP contribution in [-0.4, -0.2) is 49.4 Å². The molecule has 0 unspecified atom stereocenters. The lowest BCUT2D eigenvalue weighted by atomic mass is 9.98. The molecule has 0 saturated carbocycles. The van der Waals surface area contributed by atoms with Gasteiger partial charge in [-0.15, -0.1) is 0 Å². The predicted octanol–water partition coefficient (Wildman–Crippen LogP) is 13.2. The molecule has 268 valence electrons. The van der Waals surface area contributed by atoms with Gasteiger partial charge in [0.2, 0.25) is 5.91 Å². The zero-order chi connectivity index (χ0) is 33.8. The van der Waals surface area contributed by atoms with E-state index >= 15 is 0 Å². The Labute approximate surface area is 289 Å². The van der Waals surface area contributed by atoms with E-state index in [0.29, 0.717) is 18.4 Å². The number of allylic oxidation sites excluding steroid dienone is 8. The monoisotopic (exact) mass is 641 g/mol. The Hall–Kier alpha value is -1.61. The third kappa shape index (κ3) is 32.3. The average Bonchev–Trinajstić information content (AvgIpc) is 3.05. The van der Waals surface area contributed by atoms with Gasteiger partial charge in [-0.05, 0) is 91.1 Å².